The van der Waals surface area contributed by atoms with Gasteiger partial charge >= 0.3 is 0 Å². The Hall–Kier alpha value is -0.310. The fourth-order valence-electron chi connectivity index (χ4n) is 0.828. The molecule has 1 fully saturated rings. The molecule has 0 aliphatic carbocycles. The van der Waals surface area contributed by atoms with Crippen molar-refractivity contribution in [2.45, 2.75) is 6.42 Å². The highest BCUT2D eigenvalue weighted by Crippen LogP contribution is 2.21. The number of carbonyl (C=O) groups excluding carboxylic acids is 2. The SMILES string of the molecule is O=CCC1CSCC1=O. The van der Waals surface area contributed by atoms with Crippen molar-refractivity contribution in [2.75, 3.05) is 11.5 Å². The quantitative estimate of drug-likeness (QED) is 0.529. The molecule has 0 N–H and O–H groups in total. The zero-order valence-electron chi connectivity index (χ0n) is 5.00. The van der Waals surface area contributed by atoms with E-state index in [1.165, 1.54) is 0 Å². The van der Waals surface area contributed by atoms with Crippen LogP contribution >= 0.6 is 11.8 Å². The van der Waals surface area contributed by atoms with E-state index in [1.807, 2.05) is 0 Å². The highest BCUT2D eigenvalue weighted by Gasteiger charge is 2.23. The Kier molecular flexibility index (Phi) is 2.28. The summed E-state index contributed by atoms with van der Waals surface area (Å²) >= 11 is 1.62. The lowest BCUT2D eigenvalue weighted by molar-refractivity contribution is -0.121. The van der Waals surface area contributed by atoms with E-state index in [9.17, 15) is 9.59 Å². The number of rotatable bonds is 2. The molecule has 0 aromatic rings. The minimum absolute atomic E-state index is 0.0347. The van der Waals surface area contributed by atoms with Gasteiger partial charge < -0.3 is 4.79 Å². The lowest BCUT2D eigenvalue weighted by Gasteiger charge is -1.96. The molecule has 0 radical (unpaired) electrons. The Morgan fingerprint density at radius 1 is 1.78 bits per heavy atom. The lowest BCUT2D eigenvalue weighted by Crippen LogP contribution is -2.10. The largest absolute Gasteiger partial charge is 0.303 e. The highest BCUT2D eigenvalue weighted by molar-refractivity contribution is 8.00. The zero-order chi connectivity index (χ0) is 6.69. The summed E-state index contributed by atoms with van der Waals surface area (Å²) in [5, 5.41) is 0. The molecule has 3 heteroatoms. The van der Waals surface area contributed by atoms with Crippen molar-refractivity contribution in [3.8, 4) is 0 Å². The Morgan fingerprint density at radius 2 is 2.56 bits per heavy atom. The molecule has 0 spiro atoms. The van der Waals surface area contributed by atoms with Gasteiger partial charge in [0.1, 0.15) is 12.1 Å². The predicted molar refractivity (Wildman–Crippen MR) is 36.5 cm³/mol. The number of aldehydes is 1. The Labute approximate surface area is 58.0 Å². The maximum atomic E-state index is 10.8. The molecule has 9 heavy (non-hydrogen) atoms. The molecule has 0 saturated carbocycles. The van der Waals surface area contributed by atoms with Gasteiger partial charge in [0.15, 0.2) is 0 Å². The van der Waals surface area contributed by atoms with E-state index >= 15 is 0 Å². The molecule has 0 bridgehead atoms. The topological polar surface area (TPSA) is 34.1 Å². The van der Waals surface area contributed by atoms with Crippen molar-refractivity contribution < 1.29 is 9.59 Å². The Bertz CT molecular complexity index is 133. The Balaban J connectivity index is 2.39. The van der Waals surface area contributed by atoms with E-state index in [2.05, 4.69) is 0 Å². The van der Waals surface area contributed by atoms with Gasteiger partial charge in [-0.2, -0.15) is 11.8 Å². The summed E-state index contributed by atoms with van der Waals surface area (Å²) in [6, 6.07) is 0. The van der Waals surface area contributed by atoms with Gasteiger partial charge in [-0.15, -0.1) is 0 Å². The smallest absolute Gasteiger partial charge is 0.147 e. The zero-order valence-corrected chi connectivity index (χ0v) is 5.82. The highest BCUT2D eigenvalue weighted by atomic mass is 32.2. The lowest BCUT2D eigenvalue weighted by atomic mass is 10.1. The summed E-state index contributed by atoms with van der Waals surface area (Å²) in [7, 11) is 0. The van der Waals surface area contributed by atoms with E-state index in [4.69, 9.17) is 0 Å². The van der Waals surface area contributed by atoms with Crippen molar-refractivity contribution in [3.05, 3.63) is 0 Å². The van der Waals surface area contributed by atoms with Gasteiger partial charge in [-0.05, 0) is 0 Å². The molecule has 50 valence electrons. The third-order valence-electron chi connectivity index (χ3n) is 1.40. The van der Waals surface area contributed by atoms with Crippen LogP contribution in [0.5, 0.6) is 0 Å². The van der Waals surface area contributed by atoms with Gasteiger partial charge in [-0.1, -0.05) is 0 Å². The van der Waals surface area contributed by atoms with E-state index in [-0.39, 0.29) is 11.7 Å². The number of hydrogen-bond donors (Lipinski definition) is 0. The minimum Gasteiger partial charge on any atom is -0.303 e. The van der Waals surface area contributed by atoms with E-state index in [0.29, 0.717) is 12.2 Å². The fraction of sp³-hybridized carbons (Fsp3) is 0.667. The van der Waals surface area contributed by atoms with Crippen LogP contribution in [-0.2, 0) is 9.59 Å². The second-order valence-corrected chi connectivity index (χ2v) is 3.11. The molecular formula is C6H8O2S. The molecule has 0 aromatic carbocycles. The molecule has 1 rings (SSSR count). The van der Waals surface area contributed by atoms with Crippen LogP contribution in [0.25, 0.3) is 0 Å². The van der Waals surface area contributed by atoms with Gasteiger partial charge in [0, 0.05) is 18.1 Å². The molecular weight excluding hydrogens is 136 g/mol. The molecule has 1 heterocycles. The van der Waals surface area contributed by atoms with Crippen molar-refractivity contribution in [1.29, 1.82) is 0 Å². The summed E-state index contributed by atoms with van der Waals surface area (Å²) < 4.78 is 0. The van der Waals surface area contributed by atoms with Crippen LogP contribution in [0, 0.1) is 5.92 Å². The normalized spacial score (nSPS) is 26.7. The van der Waals surface area contributed by atoms with Gasteiger partial charge in [0.2, 0.25) is 0 Å². The number of carbonyl (C=O) groups is 2. The third-order valence-corrected chi connectivity index (χ3v) is 2.53. The predicted octanol–water partition coefficient (Wildman–Crippen LogP) is 0.508. The molecule has 1 unspecified atom stereocenters. The molecule has 1 saturated heterocycles. The number of Topliss-reactive ketones (excluding diaryl/α,β-unsaturated/α-hetero) is 1. The number of ketones is 1. The monoisotopic (exact) mass is 144 g/mol. The first kappa shape index (κ1) is 6.81. The van der Waals surface area contributed by atoms with Gasteiger partial charge in [0.25, 0.3) is 0 Å². The van der Waals surface area contributed by atoms with E-state index < -0.39 is 0 Å². The number of hydrogen-bond acceptors (Lipinski definition) is 3. The standard InChI is InChI=1S/C6H8O2S/c7-2-1-5-3-9-4-6(5)8/h2,5H,1,3-4H2. The van der Waals surface area contributed by atoms with Crippen molar-refractivity contribution in [3.63, 3.8) is 0 Å². The molecule has 1 atom stereocenters. The fourth-order valence-corrected chi connectivity index (χ4v) is 1.99. The summed E-state index contributed by atoms with van der Waals surface area (Å²) in [6.07, 6.45) is 1.25. The molecule has 1 aliphatic rings. The van der Waals surface area contributed by atoms with Gasteiger partial charge in [0.05, 0.1) is 5.75 Å². The second kappa shape index (κ2) is 3.01. The molecule has 0 aromatic heterocycles. The average molecular weight is 144 g/mol. The Morgan fingerprint density at radius 3 is 3.00 bits per heavy atom. The van der Waals surface area contributed by atoms with Crippen LogP contribution in [0.4, 0.5) is 0 Å². The maximum absolute atomic E-state index is 10.8. The first-order chi connectivity index (χ1) is 4.34. The van der Waals surface area contributed by atoms with Crippen molar-refractivity contribution in [2.24, 2.45) is 5.92 Å². The maximum Gasteiger partial charge on any atom is 0.147 e. The molecule has 0 amide bonds. The average Bonchev–Trinajstić information content (AvgIpc) is 2.18. The van der Waals surface area contributed by atoms with Crippen LogP contribution in [0.2, 0.25) is 0 Å². The van der Waals surface area contributed by atoms with Crippen LogP contribution in [0.15, 0.2) is 0 Å². The van der Waals surface area contributed by atoms with Crippen LogP contribution < -0.4 is 0 Å². The summed E-state index contributed by atoms with van der Waals surface area (Å²) in [6.45, 7) is 0. The van der Waals surface area contributed by atoms with Gasteiger partial charge in [-0.25, -0.2) is 0 Å². The molecule has 2 nitrogen and oxygen atoms in total. The second-order valence-electron chi connectivity index (χ2n) is 2.08. The number of thioether (sulfide) groups is 1. The summed E-state index contributed by atoms with van der Waals surface area (Å²) in [5.41, 5.74) is 0. The minimum atomic E-state index is 0.0347. The van der Waals surface area contributed by atoms with Crippen LogP contribution in [0.3, 0.4) is 0 Å². The van der Waals surface area contributed by atoms with E-state index in [0.717, 1.165) is 12.0 Å². The summed E-state index contributed by atoms with van der Waals surface area (Å²) in [5.74, 6) is 1.73. The van der Waals surface area contributed by atoms with Crippen LogP contribution in [0.1, 0.15) is 6.42 Å². The third kappa shape index (κ3) is 1.55. The summed E-state index contributed by atoms with van der Waals surface area (Å²) in [4.78, 5) is 20.7. The van der Waals surface area contributed by atoms with Crippen LogP contribution in [-0.4, -0.2) is 23.6 Å². The van der Waals surface area contributed by atoms with Crippen molar-refractivity contribution >= 4 is 23.8 Å². The van der Waals surface area contributed by atoms with Gasteiger partial charge in [-0.3, -0.25) is 4.79 Å². The first-order valence-electron chi connectivity index (χ1n) is 2.88. The van der Waals surface area contributed by atoms with Crippen molar-refractivity contribution in [1.82, 2.24) is 0 Å². The van der Waals surface area contributed by atoms with E-state index in [1.54, 1.807) is 11.8 Å². The molecule has 1 aliphatic heterocycles. The first-order valence-corrected chi connectivity index (χ1v) is 4.04.